The first-order chi connectivity index (χ1) is 17.5. The van der Waals surface area contributed by atoms with Crippen molar-refractivity contribution in [3.8, 4) is 11.1 Å². The molecule has 0 bridgehead atoms. The van der Waals surface area contributed by atoms with Gasteiger partial charge in [0, 0.05) is 23.7 Å². The molecule has 2 aromatic carbocycles. The monoisotopic (exact) mass is 537 g/mol. The number of likely N-dealkylation sites (tertiary alicyclic amines) is 1. The molecule has 2 N–H and O–H groups in total. The van der Waals surface area contributed by atoms with Crippen molar-refractivity contribution in [2.45, 2.75) is 67.6 Å². The molecule has 4 atom stereocenters. The van der Waals surface area contributed by atoms with Crippen LogP contribution in [-0.2, 0) is 16.4 Å². The maximum absolute atomic E-state index is 15.7. The number of urea groups is 1. The summed E-state index contributed by atoms with van der Waals surface area (Å²) in [6, 6.07) is 5.20. The number of carbonyl (C=O) groups excluding carboxylic acids is 1. The molecule has 0 unspecified atom stereocenters. The number of sulfonamides is 1. The van der Waals surface area contributed by atoms with Crippen molar-refractivity contribution >= 4 is 16.1 Å². The molecule has 6 rings (SSSR count). The van der Waals surface area contributed by atoms with Crippen LogP contribution in [0.1, 0.15) is 37.7 Å². The summed E-state index contributed by atoms with van der Waals surface area (Å²) in [5.74, 6) is -2.49. The molecule has 6 nitrogen and oxygen atoms in total. The minimum Gasteiger partial charge on any atom is -0.335 e. The normalized spacial score (nSPS) is 27.6. The molecular weight excluding hydrogens is 510 g/mol. The second-order valence-corrected chi connectivity index (χ2v) is 12.8. The molecule has 1 saturated heterocycles. The number of hydrogen-bond acceptors (Lipinski definition) is 3. The first-order valence-corrected chi connectivity index (χ1v) is 14.1. The third-order valence-electron chi connectivity index (χ3n) is 7.92. The van der Waals surface area contributed by atoms with Gasteiger partial charge in [-0.3, -0.25) is 0 Å². The second kappa shape index (κ2) is 8.69. The van der Waals surface area contributed by atoms with E-state index in [0.717, 1.165) is 12.1 Å². The fourth-order valence-corrected chi connectivity index (χ4v) is 7.16. The van der Waals surface area contributed by atoms with Gasteiger partial charge in [0.25, 0.3) is 0 Å². The van der Waals surface area contributed by atoms with Crippen molar-refractivity contribution in [3.05, 3.63) is 59.4 Å². The molecule has 2 amide bonds. The Morgan fingerprint density at radius 3 is 2.43 bits per heavy atom. The van der Waals surface area contributed by atoms with E-state index in [1.807, 2.05) is 0 Å². The van der Waals surface area contributed by atoms with Gasteiger partial charge in [-0.1, -0.05) is 18.2 Å². The Bertz CT molecular complexity index is 1340. The van der Waals surface area contributed by atoms with E-state index < -0.39 is 56.5 Å². The Kier molecular flexibility index (Phi) is 5.79. The van der Waals surface area contributed by atoms with Crippen LogP contribution in [0, 0.1) is 23.4 Å². The predicted molar refractivity (Wildman–Crippen MR) is 128 cm³/mol. The Balaban J connectivity index is 1.30. The topological polar surface area (TPSA) is 78.5 Å². The van der Waals surface area contributed by atoms with Crippen LogP contribution >= 0.6 is 0 Å². The van der Waals surface area contributed by atoms with Crippen LogP contribution in [-0.4, -0.2) is 54.9 Å². The highest BCUT2D eigenvalue weighted by Gasteiger charge is 2.61. The number of fused-ring (bicyclic) bond motifs is 1. The van der Waals surface area contributed by atoms with E-state index in [2.05, 4.69) is 10.0 Å². The number of nitrogens with zero attached hydrogens (tertiary/aromatic N) is 1. The number of hydrogen-bond donors (Lipinski definition) is 2. The fraction of sp³-hybridized carbons (Fsp3) is 0.500. The third kappa shape index (κ3) is 4.83. The first kappa shape index (κ1) is 24.7. The number of halogens is 4. The Morgan fingerprint density at radius 1 is 1.08 bits per heavy atom. The molecule has 0 spiro atoms. The lowest BCUT2D eigenvalue weighted by molar-refractivity contribution is 0.170. The molecule has 0 radical (unpaired) electrons. The summed E-state index contributed by atoms with van der Waals surface area (Å²) in [6.07, 6.45) is 2.50. The van der Waals surface area contributed by atoms with Gasteiger partial charge in [0.1, 0.15) is 23.1 Å². The highest BCUT2D eigenvalue weighted by molar-refractivity contribution is 7.90. The molecule has 2 aromatic rings. The van der Waals surface area contributed by atoms with E-state index >= 15 is 4.39 Å². The lowest BCUT2D eigenvalue weighted by Crippen LogP contribution is -2.54. The molecule has 37 heavy (non-hydrogen) atoms. The van der Waals surface area contributed by atoms with Crippen LogP contribution in [0.3, 0.4) is 0 Å². The van der Waals surface area contributed by atoms with Crippen LogP contribution in [0.5, 0.6) is 0 Å². The number of carbonyl (C=O) groups is 1. The highest BCUT2D eigenvalue weighted by atomic mass is 32.2. The van der Waals surface area contributed by atoms with Gasteiger partial charge in [-0.15, -0.1) is 0 Å². The minimum absolute atomic E-state index is 0.00160. The van der Waals surface area contributed by atoms with Crippen molar-refractivity contribution in [1.29, 1.82) is 0 Å². The van der Waals surface area contributed by atoms with Gasteiger partial charge in [-0.2, -0.15) is 0 Å². The van der Waals surface area contributed by atoms with E-state index in [1.165, 1.54) is 17.0 Å². The largest absolute Gasteiger partial charge is 0.335 e. The minimum atomic E-state index is -3.59. The zero-order chi connectivity index (χ0) is 26.1. The Morgan fingerprint density at radius 2 is 1.78 bits per heavy atom. The molecule has 4 fully saturated rings. The van der Waals surface area contributed by atoms with Crippen molar-refractivity contribution in [1.82, 2.24) is 14.9 Å². The van der Waals surface area contributed by atoms with Crippen molar-refractivity contribution < 1.29 is 30.8 Å². The van der Waals surface area contributed by atoms with E-state index in [4.69, 9.17) is 0 Å². The highest BCUT2D eigenvalue weighted by Crippen LogP contribution is 2.50. The number of benzene rings is 2. The van der Waals surface area contributed by atoms with Gasteiger partial charge in [0.2, 0.25) is 10.0 Å². The molecule has 11 heteroatoms. The van der Waals surface area contributed by atoms with Gasteiger partial charge in [-0.05, 0) is 67.7 Å². The molecular formula is C26H27F4N3O3S. The van der Waals surface area contributed by atoms with E-state index in [0.29, 0.717) is 38.2 Å². The third-order valence-corrected chi connectivity index (χ3v) is 9.87. The maximum atomic E-state index is 15.7. The summed E-state index contributed by atoms with van der Waals surface area (Å²) >= 11 is 0. The fourth-order valence-electron chi connectivity index (χ4n) is 5.50. The van der Waals surface area contributed by atoms with Gasteiger partial charge < -0.3 is 10.2 Å². The summed E-state index contributed by atoms with van der Waals surface area (Å²) < 4.78 is 85.8. The van der Waals surface area contributed by atoms with Gasteiger partial charge in [-0.25, -0.2) is 35.5 Å². The van der Waals surface area contributed by atoms with Gasteiger partial charge in [0.15, 0.2) is 0 Å². The molecule has 198 valence electrons. The Hall–Kier alpha value is -2.66. The van der Waals surface area contributed by atoms with Crippen LogP contribution in [0.25, 0.3) is 11.1 Å². The lowest BCUT2D eigenvalue weighted by Gasteiger charge is -2.33. The van der Waals surface area contributed by atoms with Crippen LogP contribution < -0.4 is 10.0 Å². The summed E-state index contributed by atoms with van der Waals surface area (Å²) in [5.41, 5.74) is -1.18. The summed E-state index contributed by atoms with van der Waals surface area (Å²) in [6.45, 7) is -0.125. The van der Waals surface area contributed by atoms with Crippen molar-refractivity contribution in [2.75, 3.05) is 6.54 Å². The molecule has 3 aliphatic carbocycles. The van der Waals surface area contributed by atoms with Crippen LogP contribution in [0.4, 0.5) is 22.4 Å². The number of amides is 2. The van der Waals surface area contributed by atoms with Crippen molar-refractivity contribution in [3.63, 3.8) is 0 Å². The molecule has 4 aliphatic rings. The number of nitrogens with one attached hydrogen (secondary N) is 2. The molecule has 0 aromatic heterocycles. The van der Waals surface area contributed by atoms with Crippen LogP contribution in [0.15, 0.2) is 36.4 Å². The number of piperidine rings is 1. The number of alkyl halides is 1. The van der Waals surface area contributed by atoms with Crippen LogP contribution in [0.2, 0.25) is 0 Å². The summed E-state index contributed by atoms with van der Waals surface area (Å²) in [5, 5.41) is 2.18. The Labute approximate surface area is 212 Å². The number of rotatable bonds is 8. The van der Waals surface area contributed by atoms with E-state index in [1.54, 1.807) is 6.07 Å². The molecule has 1 heterocycles. The first-order valence-electron chi connectivity index (χ1n) is 12.5. The SMILES string of the molecule is O=C(NCC1(F)CC1)N1[C@@H]2C[C@@H]2[C@@H](NS(=O)(=O)C2CC2)[C@H]1Cc1cccc(-c2cc(F)cc(F)c2)c1F. The van der Waals surface area contributed by atoms with E-state index in [9.17, 15) is 26.4 Å². The zero-order valence-corrected chi connectivity index (χ0v) is 20.7. The lowest BCUT2D eigenvalue weighted by atomic mass is 9.94. The summed E-state index contributed by atoms with van der Waals surface area (Å²) in [7, 11) is -3.59. The van der Waals surface area contributed by atoms with Gasteiger partial charge >= 0.3 is 6.03 Å². The maximum Gasteiger partial charge on any atom is 0.318 e. The molecule has 1 aliphatic heterocycles. The van der Waals surface area contributed by atoms with E-state index in [-0.39, 0.29) is 41.6 Å². The second-order valence-electron chi connectivity index (χ2n) is 10.8. The van der Waals surface area contributed by atoms with Gasteiger partial charge in [0.05, 0.1) is 17.8 Å². The standard InChI is InChI=1S/C26H27F4N3O3S/c27-16-8-15(9-17(28)11-16)19-3-1-2-14(23(19)29)10-22-24(32-37(35,36)18-4-5-18)20-12-21(20)33(22)25(34)31-13-26(30)6-7-26/h1-3,8-9,11,18,20-22,24,32H,4-7,10,12-13H2,(H,31,34)/t20-,21+,22+,24+/m0/s1. The summed E-state index contributed by atoms with van der Waals surface area (Å²) in [4.78, 5) is 14.7. The van der Waals surface area contributed by atoms with Crippen molar-refractivity contribution in [2.24, 2.45) is 5.92 Å². The average molecular weight is 538 g/mol. The zero-order valence-electron chi connectivity index (χ0n) is 19.9. The average Bonchev–Trinajstić information content (AvgIpc) is 3.69. The predicted octanol–water partition coefficient (Wildman–Crippen LogP) is 4.05. The molecule has 3 saturated carbocycles. The quantitative estimate of drug-likeness (QED) is 0.499. The smallest absolute Gasteiger partial charge is 0.318 e.